The second-order valence-corrected chi connectivity index (χ2v) is 9.19. The van der Waals surface area contributed by atoms with Crippen LogP contribution in [0.2, 0.25) is 0 Å². The van der Waals surface area contributed by atoms with E-state index in [-0.39, 0.29) is 24.0 Å². The van der Waals surface area contributed by atoms with Crippen LogP contribution in [0.4, 0.5) is 0 Å². The van der Waals surface area contributed by atoms with Crippen LogP contribution in [0, 0.1) is 0 Å². The van der Waals surface area contributed by atoms with Gasteiger partial charge >= 0.3 is 0 Å². The smallest absolute Gasteiger partial charge is 0.0786 e. The zero-order valence-corrected chi connectivity index (χ0v) is 22.5. The molecule has 0 aromatic rings. The Hall–Kier alpha value is 0.690. The Morgan fingerprint density at radius 1 is 0.321 bits per heavy atom. The summed E-state index contributed by atoms with van der Waals surface area (Å²) >= 11 is 0. The van der Waals surface area contributed by atoms with Crippen LogP contribution in [0.25, 0.3) is 0 Å². The molecule has 0 heterocycles. The topological polar surface area (TPSA) is 0 Å². The van der Waals surface area contributed by atoms with Crippen molar-refractivity contribution in [2.45, 2.75) is 143 Å². The summed E-state index contributed by atoms with van der Waals surface area (Å²) in [6.07, 6.45) is 25.8. The molecule has 0 amide bonds. The largest absolute Gasteiger partial charge is 1.00 e. The predicted molar refractivity (Wildman–Crippen MR) is 126 cm³/mol. The fourth-order valence-corrected chi connectivity index (χ4v) is 4.52. The maximum Gasteiger partial charge on any atom is 0.0786 e. The molecule has 0 unspecified atom stereocenters. The molecule has 0 N–H and O–H groups in total. The van der Waals surface area contributed by atoms with Crippen molar-refractivity contribution in [3.63, 3.8) is 0 Å². The van der Waals surface area contributed by atoms with Gasteiger partial charge in [-0.05, 0) is 51.4 Å². The molecule has 0 aromatic heterocycles. The third-order valence-corrected chi connectivity index (χ3v) is 6.44. The third kappa shape index (κ3) is 18.7. The van der Waals surface area contributed by atoms with Gasteiger partial charge in [0.2, 0.25) is 0 Å². The fraction of sp³-hybridized carbons (Fsp3) is 1.00. The first-order chi connectivity index (χ1) is 13.2. The van der Waals surface area contributed by atoms with Crippen molar-refractivity contribution in [2.24, 2.45) is 0 Å². The SMILES string of the molecule is CCCCCCC[N+](CCCCCC)(CCCCCC)CCCCCCC.[I-]. The monoisotopic (exact) mass is 509 g/mol. The highest BCUT2D eigenvalue weighted by molar-refractivity contribution is 4.53. The molecule has 28 heavy (non-hydrogen) atoms. The van der Waals surface area contributed by atoms with E-state index >= 15 is 0 Å². The zero-order chi connectivity index (χ0) is 20.1. The van der Waals surface area contributed by atoms with E-state index in [1.807, 2.05) is 0 Å². The Kier molecular flexibility index (Phi) is 26.4. The number of nitrogens with zero attached hydrogens (tertiary/aromatic N) is 1. The van der Waals surface area contributed by atoms with Crippen LogP contribution < -0.4 is 24.0 Å². The van der Waals surface area contributed by atoms with E-state index in [0.29, 0.717) is 0 Å². The third-order valence-electron chi connectivity index (χ3n) is 6.44. The van der Waals surface area contributed by atoms with Crippen molar-refractivity contribution < 1.29 is 28.5 Å². The quantitative estimate of drug-likeness (QED) is 0.0967. The molecule has 0 aromatic carbocycles. The van der Waals surface area contributed by atoms with Crippen molar-refractivity contribution >= 4 is 0 Å². The van der Waals surface area contributed by atoms with Gasteiger partial charge in [-0.15, -0.1) is 0 Å². The van der Waals surface area contributed by atoms with Gasteiger partial charge in [-0.25, -0.2) is 0 Å². The number of quaternary nitrogens is 1. The van der Waals surface area contributed by atoms with Gasteiger partial charge in [0, 0.05) is 0 Å². The average molecular weight is 510 g/mol. The van der Waals surface area contributed by atoms with Crippen molar-refractivity contribution in [1.29, 1.82) is 0 Å². The Balaban J connectivity index is 0. The number of rotatable bonds is 22. The summed E-state index contributed by atoms with van der Waals surface area (Å²) in [4.78, 5) is 0. The maximum atomic E-state index is 2.34. The van der Waals surface area contributed by atoms with Crippen LogP contribution in [0.15, 0.2) is 0 Å². The first-order valence-electron chi connectivity index (χ1n) is 13.1. The minimum absolute atomic E-state index is 0. The molecule has 0 spiro atoms. The first kappa shape index (κ1) is 30.9. The van der Waals surface area contributed by atoms with Crippen LogP contribution in [-0.4, -0.2) is 30.7 Å². The summed E-state index contributed by atoms with van der Waals surface area (Å²) in [7, 11) is 0. The molecule has 0 saturated carbocycles. The molecule has 0 rings (SSSR count). The molecule has 0 aliphatic carbocycles. The highest BCUT2D eigenvalue weighted by Crippen LogP contribution is 2.19. The molecule has 0 saturated heterocycles. The molecular formula is C26H56IN. The highest BCUT2D eigenvalue weighted by atomic mass is 127. The minimum atomic E-state index is 0. The lowest BCUT2D eigenvalue weighted by molar-refractivity contribution is -0.929. The van der Waals surface area contributed by atoms with Crippen LogP contribution in [0.3, 0.4) is 0 Å². The Morgan fingerprint density at radius 2 is 0.536 bits per heavy atom. The highest BCUT2D eigenvalue weighted by Gasteiger charge is 2.25. The normalized spacial score (nSPS) is 11.6. The number of unbranched alkanes of at least 4 members (excludes halogenated alkanes) is 14. The Bertz CT molecular complexity index is 252. The lowest BCUT2D eigenvalue weighted by Gasteiger charge is -2.39. The summed E-state index contributed by atoms with van der Waals surface area (Å²) in [6.45, 7) is 15.2. The van der Waals surface area contributed by atoms with Crippen molar-refractivity contribution in [1.82, 2.24) is 0 Å². The predicted octanol–water partition coefficient (Wildman–Crippen LogP) is 5.91. The van der Waals surface area contributed by atoms with E-state index < -0.39 is 0 Å². The van der Waals surface area contributed by atoms with Gasteiger partial charge in [0.15, 0.2) is 0 Å². The summed E-state index contributed by atoms with van der Waals surface area (Å²) in [5.74, 6) is 0. The summed E-state index contributed by atoms with van der Waals surface area (Å²) in [5, 5.41) is 0. The standard InChI is InChI=1S/C26H56N.HI/c1-5-9-13-17-21-25-27(23-19-15-11-7-3,24-20-16-12-8-4)26-22-18-14-10-6-2;/h5-26H2,1-4H3;1H/q+1;/p-1. The Morgan fingerprint density at radius 3 is 0.786 bits per heavy atom. The lowest BCUT2D eigenvalue weighted by Crippen LogP contribution is -3.00. The maximum absolute atomic E-state index is 2.34. The Labute approximate surface area is 197 Å². The van der Waals surface area contributed by atoms with Gasteiger partial charge in [0.25, 0.3) is 0 Å². The fourth-order valence-electron chi connectivity index (χ4n) is 4.52. The van der Waals surface area contributed by atoms with Gasteiger partial charge in [-0.1, -0.05) is 91.9 Å². The lowest BCUT2D eigenvalue weighted by atomic mass is 10.1. The van der Waals surface area contributed by atoms with E-state index in [1.54, 1.807) is 0 Å². The molecule has 0 bridgehead atoms. The van der Waals surface area contributed by atoms with Gasteiger partial charge in [0.1, 0.15) is 0 Å². The molecule has 1 nitrogen and oxygen atoms in total. The van der Waals surface area contributed by atoms with E-state index in [2.05, 4.69) is 27.7 Å². The second-order valence-electron chi connectivity index (χ2n) is 9.19. The molecule has 0 atom stereocenters. The molecule has 2 heteroatoms. The van der Waals surface area contributed by atoms with E-state index in [0.717, 1.165) is 0 Å². The zero-order valence-electron chi connectivity index (χ0n) is 20.4. The van der Waals surface area contributed by atoms with Gasteiger partial charge in [-0.2, -0.15) is 0 Å². The van der Waals surface area contributed by atoms with Gasteiger partial charge < -0.3 is 28.5 Å². The molecular weight excluding hydrogens is 453 g/mol. The molecule has 0 radical (unpaired) electrons. The van der Waals surface area contributed by atoms with Gasteiger partial charge in [-0.3, -0.25) is 0 Å². The van der Waals surface area contributed by atoms with Crippen LogP contribution in [0.1, 0.15) is 143 Å². The number of halogens is 1. The molecule has 0 aliphatic rings. The summed E-state index contributed by atoms with van der Waals surface area (Å²) in [6, 6.07) is 0. The van der Waals surface area contributed by atoms with Crippen LogP contribution in [0.5, 0.6) is 0 Å². The van der Waals surface area contributed by atoms with Crippen LogP contribution >= 0.6 is 0 Å². The van der Waals surface area contributed by atoms with Crippen LogP contribution in [-0.2, 0) is 0 Å². The average Bonchev–Trinajstić information content (AvgIpc) is 2.68. The molecule has 172 valence electrons. The van der Waals surface area contributed by atoms with Crippen molar-refractivity contribution in [3.8, 4) is 0 Å². The minimum Gasteiger partial charge on any atom is -1.00 e. The first-order valence-corrected chi connectivity index (χ1v) is 13.1. The number of hydrogen-bond donors (Lipinski definition) is 0. The number of hydrogen-bond acceptors (Lipinski definition) is 0. The molecule has 0 fully saturated rings. The summed E-state index contributed by atoms with van der Waals surface area (Å²) in [5.41, 5.74) is 0. The van der Waals surface area contributed by atoms with Crippen molar-refractivity contribution in [2.75, 3.05) is 26.2 Å². The van der Waals surface area contributed by atoms with E-state index in [4.69, 9.17) is 0 Å². The second kappa shape index (κ2) is 24.0. The van der Waals surface area contributed by atoms with E-state index in [1.165, 1.54) is 146 Å². The van der Waals surface area contributed by atoms with Crippen molar-refractivity contribution in [3.05, 3.63) is 0 Å². The van der Waals surface area contributed by atoms with Gasteiger partial charge in [0.05, 0.1) is 26.2 Å². The van der Waals surface area contributed by atoms with E-state index in [9.17, 15) is 0 Å². The molecule has 0 aliphatic heterocycles. The summed E-state index contributed by atoms with van der Waals surface area (Å²) < 4.78 is 1.46.